The first-order valence-electron chi connectivity index (χ1n) is 8.96. The number of halogens is 5. The molecule has 0 amide bonds. The maximum Gasteiger partial charge on any atom is 0.198 e. The summed E-state index contributed by atoms with van der Waals surface area (Å²) >= 11 is 2.73. The van der Waals surface area contributed by atoms with Crippen LogP contribution in [0.2, 0.25) is 0 Å². The second kappa shape index (κ2) is 8.63. The van der Waals surface area contributed by atoms with Crippen LogP contribution in [0.15, 0.2) is 65.1 Å². The minimum Gasteiger partial charge on any atom is -0.239 e. The number of fused-ring (bicyclic) bond motifs is 1. The standard InChI is InChI=1S/C25H10BrF4N/c26-21-19(22(27)24(29)25(30)23(21)28)14-11-16-6-2-1-5-15(16)9-12-18-13-10-17-7-3-4-8-20(17)31-18/h1-8,10,13H. The third-order valence-corrected chi connectivity index (χ3v) is 5.13. The van der Waals surface area contributed by atoms with Gasteiger partial charge in [-0.05, 0) is 46.1 Å². The van der Waals surface area contributed by atoms with Gasteiger partial charge in [0.25, 0.3) is 0 Å². The van der Waals surface area contributed by atoms with E-state index in [4.69, 9.17) is 0 Å². The summed E-state index contributed by atoms with van der Waals surface area (Å²) in [4.78, 5) is 4.48. The van der Waals surface area contributed by atoms with Crippen LogP contribution in [0.5, 0.6) is 0 Å². The molecule has 0 aliphatic carbocycles. The first-order chi connectivity index (χ1) is 15.0. The lowest BCUT2D eigenvalue weighted by atomic mass is 10.1. The molecule has 31 heavy (non-hydrogen) atoms. The number of rotatable bonds is 0. The van der Waals surface area contributed by atoms with E-state index in [0.29, 0.717) is 16.8 Å². The average Bonchev–Trinajstić information content (AvgIpc) is 2.80. The molecular weight excluding hydrogens is 470 g/mol. The molecule has 0 saturated heterocycles. The third-order valence-electron chi connectivity index (χ3n) is 4.38. The Morgan fingerprint density at radius 1 is 0.613 bits per heavy atom. The first-order valence-corrected chi connectivity index (χ1v) is 9.75. The summed E-state index contributed by atoms with van der Waals surface area (Å²) < 4.78 is 54.1. The van der Waals surface area contributed by atoms with Crippen molar-refractivity contribution in [3.8, 4) is 23.7 Å². The predicted molar refractivity (Wildman–Crippen MR) is 114 cm³/mol. The molecule has 1 nitrogen and oxygen atoms in total. The van der Waals surface area contributed by atoms with Gasteiger partial charge in [-0.25, -0.2) is 22.5 Å². The Morgan fingerprint density at radius 2 is 1.23 bits per heavy atom. The normalized spacial score (nSPS) is 10.2. The lowest BCUT2D eigenvalue weighted by Crippen LogP contribution is -2.01. The van der Waals surface area contributed by atoms with Crippen LogP contribution in [-0.4, -0.2) is 4.98 Å². The van der Waals surface area contributed by atoms with Gasteiger partial charge in [0.05, 0.1) is 15.6 Å². The molecule has 1 aromatic heterocycles. The molecule has 4 rings (SSSR count). The van der Waals surface area contributed by atoms with Crippen molar-refractivity contribution in [2.45, 2.75) is 0 Å². The molecule has 0 aliphatic rings. The molecule has 1 heterocycles. The summed E-state index contributed by atoms with van der Waals surface area (Å²) in [6.45, 7) is 0. The van der Waals surface area contributed by atoms with Gasteiger partial charge in [0.1, 0.15) is 5.69 Å². The van der Waals surface area contributed by atoms with Gasteiger partial charge < -0.3 is 0 Å². The molecule has 150 valence electrons. The largest absolute Gasteiger partial charge is 0.239 e. The van der Waals surface area contributed by atoms with Crippen LogP contribution in [-0.2, 0) is 0 Å². The van der Waals surface area contributed by atoms with E-state index in [2.05, 4.69) is 44.6 Å². The Bertz CT molecular complexity index is 1430. The molecule has 0 N–H and O–H groups in total. The zero-order chi connectivity index (χ0) is 22.0. The monoisotopic (exact) mass is 479 g/mol. The van der Waals surface area contributed by atoms with Crippen LogP contribution < -0.4 is 0 Å². The number of pyridine rings is 1. The molecule has 0 radical (unpaired) electrons. The molecule has 4 aromatic rings. The molecule has 0 atom stereocenters. The van der Waals surface area contributed by atoms with Gasteiger partial charge in [0.15, 0.2) is 23.3 Å². The molecule has 0 fully saturated rings. The van der Waals surface area contributed by atoms with Gasteiger partial charge >= 0.3 is 0 Å². The van der Waals surface area contributed by atoms with Crippen molar-refractivity contribution in [2.24, 2.45) is 0 Å². The average molecular weight is 480 g/mol. The summed E-state index contributed by atoms with van der Waals surface area (Å²) in [7, 11) is 0. The van der Waals surface area contributed by atoms with E-state index in [1.54, 1.807) is 30.3 Å². The van der Waals surface area contributed by atoms with E-state index < -0.39 is 33.3 Å². The van der Waals surface area contributed by atoms with Crippen molar-refractivity contribution >= 4 is 26.8 Å². The Morgan fingerprint density at radius 3 is 1.97 bits per heavy atom. The fraction of sp³-hybridized carbons (Fsp3) is 0. The van der Waals surface area contributed by atoms with Crippen molar-refractivity contribution in [2.75, 3.05) is 0 Å². The van der Waals surface area contributed by atoms with Gasteiger partial charge in [-0.1, -0.05) is 54.2 Å². The highest BCUT2D eigenvalue weighted by Crippen LogP contribution is 2.28. The van der Waals surface area contributed by atoms with Gasteiger partial charge in [-0.2, -0.15) is 0 Å². The second-order valence-electron chi connectivity index (χ2n) is 6.38. The maximum atomic E-state index is 14.1. The minimum atomic E-state index is -1.92. The number of hydrogen-bond donors (Lipinski definition) is 0. The number of aromatic nitrogens is 1. The Hall–Kier alpha value is -3.61. The van der Waals surface area contributed by atoms with Crippen molar-refractivity contribution in [3.63, 3.8) is 0 Å². The highest BCUT2D eigenvalue weighted by Gasteiger charge is 2.23. The highest BCUT2D eigenvalue weighted by molar-refractivity contribution is 9.10. The van der Waals surface area contributed by atoms with Crippen LogP contribution in [0.25, 0.3) is 10.9 Å². The van der Waals surface area contributed by atoms with Crippen LogP contribution in [0.1, 0.15) is 22.4 Å². The highest BCUT2D eigenvalue weighted by atomic mass is 79.9. The summed E-state index contributed by atoms with van der Waals surface area (Å²) in [5.74, 6) is 4.02. The van der Waals surface area contributed by atoms with Crippen LogP contribution in [0.3, 0.4) is 0 Å². The van der Waals surface area contributed by atoms with Gasteiger partial charge in [-0.3, -0.25) is 0 Å². The van der Waals surface area contributed by atoms with Crippen molar-refractivity contribution < 1.29 is 17.6 Å². The van der Waals surface area contributed by atoms with E-state index in [1.807, 2.05) is 30.3 Å². The number of nitrogens with zero attached hydrogens (tertiary/aromatic N) is 1. The summed E-state index contributed by atoms with van der Waals surface area (Å²) in [6.07, 6.45) is 0. The number of hydrogen-bond acceptors (Lipinski definition) is 1. The Labute approximate surface area is 183 Å². The lowest BCUT2D eigenvalue weighted by molar-refractivity contribution is 0.405. The summed E-state index contributed by atoms with van der Waals surface area (Å²) in [5, 5.41) is 0.991. The van der Waals surface area contributed by atoms with E-state index in [0.717, 1.165) is 10.9 Å². The first kappa shape index (κ1) is 20.7. The minimum absolute atomic E-state index is 0.409. The molecule has 0 spiro atoms. The molecule has 6 heteroatoms. The van der Waals surface area contributed by atoms with Gasteiger partial charge in [-0.15, -0.1) is 0 Å². The van der Waals surface area contributed by atoms with Crippen molar-refractivity contribution in [1.29, 1.82) is 0 Å². The van der Waals surface area contributed by atoms with E-state index in [-0.39, 0.29) is 0 Å². The summed E-state index contributed by atoms with van der Waals surface area (Å²) in [5.41, 5.74) is 1.67. The topological polar surface area (TPSA) is 12.9 Å². The third kappa shape index (κ3) is 4.17. The smallest absolute Gasteiger partial charge is 0.198 e. The fourth-order valence-electron chi connectivity index (χ4n) is 2.81. The molecule has 0 saturated carbocycles. The fourth-order valence-corrected chi connectivity index (χ4v) is 3.26. The Kier molecular flexibility index (Phi) is 5.75. The summed E-state index contributed by atoms with van der Waals surface area (Å²) in [6, 6.07) is 18.1. The van der Waals surface area contributed by atoms with Gasteiger partial charge in [0, 0.05) is 16.5 Å². The van der Waals surface area contributed by atoms with Crippen LogP contribution in [0.4, 0.5) is 17.6 Å². The quantitative estimate of drug-likeness (QED) is 0.124. The zero-order valence-electron chi connectivity index (χ0n) is 15.6. The van der Waals surface area contributed by atoms with E-state index >= 15 is 0 Å². The van der Waals surface area contributed by atoms with Crippen LogP contribution >= 0.6 is 15.9 Å². The SMILES string of the molecule is Fc1c(F)c(F)c(C#Cc2ccccc2C#Cc2ccc3ccccc3n2)c(Br)c1F. The Balaban J connectivity index is 1.73. The second-order valence-corrected chi connectivity index (χ2v) is 7.17. The van der Waals surface area contributed by atoms with E-state index in [1.165, 1.54) is 0 Å². The molecule has 0 aliphatic heterocycles. The zero-order valence-corrected chi connectivity index (χ0v) is 17.2. The predicted octanol–water partition coefficient (Wildman–Crippen LogP) is 6.35. The van der Waals surface area contributed by atoms with Crippen LogP contribution in [0, 0.1) is 47.0 Å². The molecule has 0 bridgehead atoms. The van der Waals surface area contributed by atoms with Gasteiger partial charge in [0.2, 0.25) is 0 Å². The number of para-hydroxylation sites is 1. The number of benzene rings is 3. The van der Waals surface area contributed by atoms with Crippen molar-refractivity contribution in [1.82, 2.24) is 4.98 Å². The van der Waals surface area contributed by atoms with E-state index in [9.17, 15) is 17.6 Å². The molecule has 0 unspecified atom stereocenters. The van der Waals surface area contributed by atoms with Crippen molar-refractivity contribution in [3.05, 3.63) is 111 Å². The lowest BCUT2D eigenvalue weighted by Gasteiger charge is -2.04. The molecule has 3 aromatic carbocycles. The maximum absolute atomic E-state index is 14.1. The molecular formula is C25H10BrF4N.